The number of aliphatic imine (C=N–C) groups is 2. The van der Waals surface area contributed by atoms with Gasteiger partial charge in [0.25, 0.3) is 0 Å². The Balaban J connectivity index is 2.68. The molecule has 10 heavy (non-hydrogen) atoms. The van der Waals surface area contributed by atoms with Crippen LogP contribution in [0.2, 0.25) is 0 Å². The zero-order chi connectivity index (χ0) is 7.56. The standard InChI is InChI=1S/C5H10N5/c1-2-10-3-8-4(6)9-5(10)7/h1-3H2,(H4,6,7,8,9). The summed E-state index contributed by atoms with van der Waals surface area (Å²) in [5.74, 6) is 0.629. The highest BCUT2D eigenvalue weighted by atomic mass is 15.3. The molecule has 55 valence electrons. The van der Waals surface area contributed by atoms with Gasteiger partial charge in [0, 0.05) is 6.54 Å². The van der Waals surface area contributed by atoms with Crippen LogP contribution in [0.4, 0.5) is 0 Å². The van der Waals surface area contributed by atoms with Gasteiger partial charge in [-0.2, -0.15) is 4.99 Å². The second-order valence-corrected chi connectivity index (χ2v) is 1.89. The second kappa shape index (κ2) is 2.55. The summed E-state index contributed by atoms with van der Waals surface area (Å²) in [7, 11) is 0. The molecule has 1 heterocycles. The molecule has 1 aliphatic heterocycles. The van der Waals surface area contributed by atoms with Crippen molar-refractivity contribution >= 4 is 11.9 Å². The van der Waals surface area contributed by atoms with Crippen molar-refractivity contribution in [3.63, 3.8) is 0 Å². The number of nitrogens with zero attached hydrogens (tertiary/aromatic N) is 3. The smallest absolute Gasteiger partial charge is 0.220 e. The third-order valence-corrected chi connectivity index (χ3v) is 1.23. The topological polar surface area (TPSA) is 80.0 Å². The highest BCUT2D eigenvalue weighted by Crippen LogP contribution is 1.93. The molecular formula is C5H10N5. The lowest BCUT2D eigenvalue weighted by atomic mass is 10.6. The number of nitrogens with two attached hydrogens (primary N) is 2. The van der Waals surface area contributed by atoms with Gasteiger partial charge in [-0.1, -0.05) is 0 Å². The maximum absolute atomic E-state index is 5.46. The minimum atomic E-state index is 0.238. The molecule has 0 saturated heterocycles. The average Bonchev–Trinajstić information content (AvgIpc) is 1.88. The molecule has 1 aliphatic rings. The molecule has 0 aromatic rings. The van der Waals surface area contributed by atoms with E-state index in [1.165, 1.54) is 0 Å². The molecule has 0 spiro atoms. The molecule has 0 atom stereocenters. The molecule has 5 nitrogen and oxygen atoms in total. The summed E-state index contributed by atoms with van der Waals surface area (Å²) < 4.78 is 0. The van der Waals surface area contributed by atoms with Gasteiger partial charge in [0.2, 0.25) is 11.9 Å². The Morgan fingerprint density at radius 2 is 2.30 bits per heavy atom. The van der Waals surface area contributed by atoms with Gasteiger partial charge in [0.05, 0.1) is 0 Å². The third kappa shape index (κ3) is 1.18. The fourth-order valence-corrected chi connectivity index (χ4v) is 0.639. The van der Waals surface area contributed by atoms with Crippen LogP contribution in [0.1, 0.15) is 0 Å². The monoisotopic (exact) mass is 140 g/mol. The fourth-order valence-electron chi connectivity index (χ4n) is 0.639. The van der Waals surface area contributed by atoms with Crippen LogP contribution in [0.15, 0.2) is 9.98 Å². The van der Waals surface area contributed by atoms with Gasteiger partial charge in [-0.05, 0) is 6.92 Å². The van der Waals surface area contributed by atoms with Gasteiger partial charge in [-0.3, -0.25) is 0 Å². The van der Waals surface area contributed by atoms with Crippen molar-refractivity contribution in [2.45, 2.75) is 0 Å². The van der Waals surface area contributed by atoms with E-state index in [0.29, 0.717) is 19.2 Å². The summed E-state index contributed by atoms with van der Waals surface area (Å²) in [5, 5.41) is 0. The average molecular weight is 140 g/mol. The van der Waals surface area contributed by atoms with Crippen LogP contribution < -0.4 is 11.5 Å². The van der Waals surface area contributed by atoms with Gasteiger partial charge in [-0.15, -0.1) is 0 Å². The van der Waals surface area contributed by atoms with Gasteiger partial charge < -0.3 is 16.4 Å². The lowest BCUT2D eigenvalue weighted by Gasteiger charge is -2.21. The van der Waals surface area contributed by atoms with E-state index in [9.17, 15) is 0 Å². The van der Waals surface area contributed by atoms with Crippen LogP contribution in [0.25, 0.3) is 0 Å². The first-order chi connectivity index (χ1) is 4.74. The summed E-state index contributed by atoms with van der Waals surface area (Å²) in [5.41, 5.74) is 10.7. The van der Waals surface area contributed by atoms with Crippen LogP contribution in [0, 0.1) is 6.92 Å². The van der Waals surface area contributed by atoms with Gasteiger partial charge in [0.1, 0.15) is 6.67 Å². The van der Waals surface area contributed by atoms with Crippen molar-refractivity contribution in [1.29, 1.82) is 0 Å². The quantitative estimate of drug-likeness (QED) is 0.476. The minimum absolute atomic E-state index is 0.238. The molecule has 0 aromatic carbocycles. The lowest BCUT2D eigenvalue weighted by molar-refractivity contribution is 0.464. The number of rotatable bonds is 1. The van der Waals surface area contributed by atoms with Crippen LogP contribution >= 0.6 is 0 Å². The van der Waals surface area contributed by atoms with Gasteiger partial charge in [-0.25, -0.2) is 4.99 Å². The second-order valence-electron chi connectivity index (χ2n) is 1.89. The first-order valence-corrected chi connectivity index (χ1v) is 2.92. The highest BCUT2D eigenvalue weighted by molar-refractivity contribution is 5.94. The molecule has 1 radical (unpaired) electrons. The molecule has 0 saturated carbocycles. The van der Waals surface area contributed by atoms with Crippen molar-refractivity contribution in [2.24, 2.45) is 21.5 Å². The summed E-state index contributed by atoms with van der Waals surface area (Å²) >= 11 is 0. The van der Waals surface area contributed by atoms with Crippen LogP contribution in [-0.4, -0.2) is 30.0 Å². The van der Waals surface area contributed by atoms with E-state index in [2.05, 4.69) is 16.9 Å². The molecule has 1 rings (SSSR count). The maximum Gasteiger partial charge on any atom is 0.220 e. The largest absolute Gasteiger partial charge is 0.369 e. The third-order valence-electron chi connectivity index (χ3n) is 1.23. The number of hydrogen-bond donors (Lipinski definition) is 2. The Labute approximate surface area is 59.4 Å². The van der Waals surface area contributed by atoms with Crippen LogP contribution in [0.3, 0.4) is 0 Å². The zero-order valence-corrected chi connectivity index (χ0v) is 5.62. The SMILES string of the molecule is [CH2]CN1CN=C(N)N=C1N. The Morgan fingerprint density at radius 1 is 1.60 bits per heavy atom. The maximum atomic E-state index is 5.46. The normalized spacial score (nSPS) is 18.3. The van der Waals surface area contributed by atoms with Crippen LogP contribution in [0.5, 0.6) is 0 Å². The Morgan fingerprint density at radius 3 is 2.80 bits per heavy atom. The van der Waals surface area contributed by atoms with E-state index >= 15 is 0 Å². The van der Waals surface area contributed by atoms with Crippen molar-refractivity contribution in [3.8, 4) is 0 Å². The Hall–Kier alpha value is -1.26. The van der Waals surface area contributed by atoms with Crippen LogP contribution in [-0.2, 0) is 0 Å². The molecule has 0 amide bonds. The molecule has 0 aromatic heterocycles. The van der Waals surface area contributed by atoms with E-state index in [-0.39, 0.29) is 5.96 Å². The molecule has 4 N–H and O–H groups in total. The Kier molecular flexibility index (Phi) is 1.75. The first kappa shape index (κ1) is 6.85. The summed E-state index contributed by atoms with van der Waals surface area (Å²) in [4.78, 5) is 9.31. The van der Waals surface area contributed by atoms with Gasteiger partial charge in [0.15, 0.2) is 0 Å². The molecule has 5 heteroatoms. The van der Waals surface area contributed by atoms with Crippen molar-refractivity contribution in [1.82, 2.24) is 4.90 Å². The summed E-state index contributed by atoms with van der Waals surface area (Å²) in [6, 6.07) is 0. The molecule has 0 unspecified atom stereocenters. The molecular weight excluding hydrogens is 130 g/mol. The zero-order valence-electron chi connectivity index (χ0n) is 5.62. The number of hydrogen-bond acceptors (Lipinski definition) is 5. The molecule has 0 bridgehead atoms. The lowest BCUT2D eigenvalue weighted by Crippen LogP contribution is -2.41. The van der Waals surface area contributed by atoms with E-state index < -0.39 is 0 Å². The fraction of sp³-hybridized carbons (Fsp3) is 0.400. The predicted molar refractivity (Wildman–Crippen MR) is 40.2 cm³/mol. The van der Waals surface area contributed by atoms with E-state index in [0.717, 1.165) is 0 Å². The summed E-state index contributed by atoms with van der Waals surface area (Å²) in [6.07, 6.45) is 0. The molecule has 0 fully saturated rings. The van der Waals surface area contributed by atoms with Crippen molar-refractivity contribution < 1.29 is 0 Å². The van der Waals surface area contributed by atoms with E-state index in [1.54, 1.807) is 4.90 Å². The summed E-state index contributed by atoms with van der Waals surface area (Å²) in [6.45, 7) is 4.66. The highest BCUT2D eigenvalue weighted by Gasteiger charge is 2.08. The van der Waals surface area contributed by atoms with Crippen molar-refractivity contribution in [3.05, 3.63) is 6.92 Å². The van der Waals surface area contributed by atoms with Gasteiger partial charge >= 0.3 is 0 Å². The van der Waals surface area contributed by atoms with Crippen molar-refractivity contribution in [2.75, 3.05) is 13.2 Å². The predicted octanol–water partition coefficient (Wildman–Crippen LogP) is -1.28. The van der Waals surface area contributed by atoms with E-state index in [1.807, 2.05) is 0 Å². The van der Waals surface area contributed by atoms with E-state index in [4.69, 9.17) is 11.5 Å². The number of guanidine groups is 2. The first-order valence-electron chi connectivity index (χ1n) is 2.92. The molecule has 0 aliphatic carbocycles. The minimum Gasteiger partial charge on any atom is -0.369 e. The Bertz CT molecular complexity index is 182.